The van der Waals surface area contributed by atoms with Crippen LogP contribution in [-0.4, -0.2) is 18.2 Å². The van der Waals surface area contributed by atoms with Crippen LogP contribution in [0.25, 0.3) is 0 Å². The number of nitrogens with one attached hydrogen (secondary N) is 1. The number of amides is 1. The molecular weight excluding hydrogens is 301 g/mol. The predicted octanol–water partition coefficient (Wildman–Crippen LogP) is 4.14. The lowest BCUT2D eigenvalue weighted by molar-refractivity contribution is -0.118. The first-order valence-corrected chi connectivity index (χ1v) is 8.34. The van der Waals surface area contributed by atoms with Gasteiger partial charge in [0.15, 0.2) is 0 Å². The van der Waals surface area contributed by atoms with Crippen LogP contribution >= 0.6 is 35.0 Å². The molecule has 0 unspecified atom stereocenters. The van der Waals surface area contributed by atoms with Gasteiger partial charge in [0.2, 0.25) is 5.91 Å². The number of benzene rings is 1. The summed E-state index contributed by atoms with van der Waals surface area (Å²) in [5, 5.41) is 4.28. The minimum Gasteiger partial charge on any atom is -0.355 e. The fourth-order valence-corrected chi connectivity index (χ4v) is 3.31. The minimum absolute atomic E-state index is 0.113. The topological polar surface area (TPSA) is 29.1 Å². The number of carbonyl (C=O) groups excluding carboxylic acids is 1. The van der Waals surface area contributed by atoms with E-state index in [9.17, 15) is 4.79 Å². The summed E-state index contributed by atoms with van der Waals surface area (Å²) in [4.78, 5) is 11.6. The molecule has 0 aliphatic heterocycles. The molecule has 0 saturated heterocycles. The molecule has 5 heteroatoms. The van der Waals surface area contributed by atoms with Crippen molar-refractivity contribution in [1.29, 1.82) is 0 Å². The molecule has 1 fully saturated rings. The van der Waals surface area contributed by atoms with Crippen LogP contribution in [0.4, 0.5) is 0 Å². The van der Waals surface area contributed by atoms with E-state index in [1.165, 1.54) is 19.3 Å². The molecule has 2 nitrogen and oxygen atoms in total. The summed E-state index contributed by atoms with van der Waals surface area (Å²) in [5.74, 6) is 2.03. The summed E-state index contributed by atoms with van der Waals surface area (Å²) < 4.78 is 0. The van der Waals surface area contributed by atoms with Gasteiger partial charge in [0, 0.05) is 22.3 Å². The van der Waals surface area contributed by atoms with E-state index < -0.39 is 0 Å². The summed E-state index contributed by atoms with van der Waals surface area (Å²) in [6.45, 7) is 0.834. The van der Waals surface area contributed by atoms with E-state index in [4.69, 9.17) is 23.2 Å². The monoisotopic (exact) mass is 317 g/mol. The molecular formula is C14H17Cl2NOS. The van der Waals surface area contributed by atoms with Gasteiger partial charge in [-0.3, -0.25) is 4.79 Å². The number of rotatable bonds is 6. The summed E-state index contributed by atoms with van der Waals surface area (Å²) in [5.41, 5.74) is 1.02. The van der Waals surface area contributed by atoms with Gasteiger partial charge in [-0.15, -0.1) is 11.8 Å². The summed E-state index contributed by atoms with van der Waals surface area (Å²) in [7, 11) is 0. The van der Waals surface area contributed by atoms with Crippen molar-refractivity contribution in [3.63, 3.8) is 0 Å². The van der Waals surface area contributed by atoms with Crippen molar-refractivity contribution >= 4 is 40.9 Å². The molecule has 1 aliphatic rings. The molecule has 0 radical (unpaired) electrons. The molecule has 1 aromatic rings. The molecule has 1 saturated carbocycles. The summed E-state index contributed by atoms with van der Waals surface area (Å²) >= 11 is 13.5. The third-order valence-electron chi connectivity index (χ3n) is 3.32. The molecule has 0 bridgehead atoms. The number of carbonyl (C=O) groups is 1. The smallest absolute Gasteiger partial charge is 0.230 e. The van der Waals surface area contributed by atoms with Crippen molar-refractivity contribution in [3.8, 4) is 0 Å². The molecule has 0 spiro atoms. The number of hydrogen-bond donors (Lipinski definition) is 1. The van der Waals surface area contributed by atoms with Gasteiger partial charge in [0.1, 0.15) is 0 Å². The Bertz CT molecular complexity index is 449. The van der Waals surface area contributed by atoms with Crippen LogP contribution in [0.1, 0.15) is 24.8 Å². The Hall–Kier alpha value is -0.380. The quantitative estimate of drug-likeness (QED) is 0.854. The molecule has 1 aliphatic carbocycles. The fraction of sp³-hybridized carbons (Fsp3) is 0.500. The second-order valence-corrected chi connectivity index (χ2v) is 6.66. The van der Waals surface area contributed by atoms with Gasteiger partial charge < -0.3 is 5.32 Å². The van der Waals surface area contributed by atoms with Crippen molar-refractivity contribution in [2.45, 2.75) is 25.0 Å². The van der Waals surface area contributed by atoms with Crippen LogP contribution in [-0.2, 0) is 10.5 Å². The van der Waals surface area contributed by atoms with Gasteiger partial charge in [-0.05, 0) is 36.5 Å². The van der Waals surface area contributed by atoms with Crippen LogP contribution < -0.4 is 5.32 Å². The largest absolute Gasteiger partial charge is 0.355 e. The van der Waals surface area contributed by atoms with E-state index in [1.54, 1.807) is 17.8 Å². The third-order valence-corrected chi connectivity index (χ3v) is 4.89. The van der Waals surface area contributed by atoms with E-state index in [-0.39, 0.29) is 5.91 Å². The Labute approximate surface area is 128 Å². The minimum atomic E-state index is 0.113. The Kier molecular flexibility index (Phi) is 5.86. The van der Waals surface area contributed by atoms with Crippen molar-refractivity contribution in [3.05, 3.63) is 33.8 Å². The lowest BCUT2D eigenvalue weighted by Crippen LogP contribution is -2.33. The van der Waals surface area contributed by atoms with E-state index >= 15 is 0 Å². The Balaban J connectivity index is 1.66. The highest BCUT2D eigenvalue weighted by molar-refractivity contribution is 7.99. The second kappa shape index (κ2) is 7.41. The Morgan fingerprint density at radius 1 is 1.37 bits per heavy atom. The standard InChI is InChI=1S/C14H17Cl2NOS/c15-12-5-4-11(13(16)6-12)8-19-9-14(18)17-7-10-2-1-3-10/h4-6,10H,1-3,7-9H2,(H,17,18). The number of hydrogen-bond acceptors (Lipinski definition) is 2. The molecule has 19 heavy (non-hydrogen) atoms. The van der Waals surface area contributed by atoms with Crippen molar-refractivity contribution in [2.24, 2.45) is 5.92 Å². The first-order valence-electron chi connectivity index (χ1n) is 6.43. The normalized spacial score (nSPS) is 15.1. The average molecular weight is 318 g/mol. The van der Waals surface area contributed by atoms with Crippen molar-refractivity contribution in [2.75, 3.05) is 12.3 Å². The molecule has 104 valence electrons. The van der Waals surface area contributed by atoms with E-state index in [1.807, 2.05) is 12.1 Å². The highest BCUT2D eigenvalue weighted by Crippen LogP contribution is 2.26. The maximum atomic E-state index is 11.6. The van der Waals surface area contributed by atoms with Gasteiger partial charge in [0.05, 0.1) is 5.75 Å². The SMILES string of the molecule is O=C(CSCc1ccc(Cl)cc1Cl)NCC1CCC1. The molecule has 0 atom stereocenters. The third kappa shape index (κ3) is 4.90. The molecule has 0 aromatic heterocycles. The van der Waals surface area contributed by atoms with Gasteiger partial charge >= 0.3 is 0 Å². The van der Waals surface area contributed by atoms with Crippen molar-refractivity contribution < 1.29 is 4.79 Å². The van der Waals surface area contributed by atoms with Crippen LogP contribution in [0, 0.1) is 5.92 Å². The van der Waals surface area contributed by atoms with Gasteiger partial charge in [-0.25, -0.2) is 0 Å². The Morgan fingerprint density at radius 3 is 2.79 bits per heavy atom. The zero-order valence-electron chi connectivity index (χ0n) is 10.6. The molecule has 1 N–H and O–H groups in total. The van der Waals surface area contributed by atoms with Crippen LogP contribution in [0.5, 0.6) is 0 Å². The van der Waals surface area contributed by atoms with E-state index in [0.717, 1.165) is 17.9 Å². The van der Waals surface area contributed by atoms with Gasteiger partial charge in [-0.2, -0.15) is 0 Å². The van der Waals surface area contributed by atoms with Gasteiger partial charge in [-0.1, -0.05) is 35.7 Å². The highest BCUT2D eigenvalue weighted by Gasteiger charge is 2.17. The molecule has 1 amide bonds. The first kappa shape index (κ1) is 15.0. The maximum Gasteiger partial charge on any atom is 0.230 e. The maximum absolute atomic E-state index is 11.6. The molecule has 2 rings (SSSR count). The zero-order chi connectivity index (χ0) is 13.7. The summed E-state index contributed by atoms with van der Waals surface area (Å²) in [6.07, 6.45) is 3.83. The van der Waals surface area contributed by atoms with Crippen molar-refractivity contribution in [1.82, 2.24) is 5.32 Å². The molecule has 1 aromatic carbocycles. The molecule has 0 heterocycles. The average Bonchev–Trinajstić information content (AvgIpc) is 2.30. The van der Waals surface area contributed by atoms with E-state index in [2.05, 4.69) is 5.32 Å². The van der Waals surface area contributed by atoms with E-state index in [0.29, 0.717) is 21.7 Å². The lowest BCUT2D eigenvalue weighted by atomic mass is 9.85. The fourth-order valence-electron chi connectivity index (χ4n) is 1.90. The summed E-state index contributed by atoms with van der Waals surface area (Å²) in [6, 6.07) is 5.46. The van der Waals surface area contributed by atoms with Crippen LogP contribution in [0.3, 0.4) is 0 Å². The number of thioether (sulfide) groups is 1. The first-order chi connectivity index (χ1) is 9.15. The zero-order valence-corrected chi connectivity index (χ0v) is 13.0. The van der Waals surface area contributed by atoms with Gasteiger partial charge in [0.25, 0.3) is 0 Å². The highest BCUT2D eigenvalue weighted by atomic mass is 35.5. The number of halogens is 2. The Morgan fingerprint density at radius 2 is 2.16 bits per heavy atom. The lowest BCUT2D eigenvalue weighted by Gasteiger charge is -2.25. The van der Waals surface area contributed by atoms with Crippen LogP contribution in [0.2, 0.25) is 10.0 Å². The van der Waals surface area contributed by atoms with Crippen LogP contribution in [0.15, 0.2) is 18.2 Å². The second-order valence-electron chi connectivity index (χ2n) is 4.83. The predicted molar refractivity (Wildman–Crippen MR) is 83.0 cm³/mol.